The molecule has 128 valence electrons. The highest BCUT2D eigenvalue weighted by Gasteiger charge is 2.21. The van der Waals surface area contributed by atoms with Crippen LogP contribution in [-0.2, 0) is 19.0 Å². The van der Waals surface area contributed by atoms with E-state index in [2.05, 4.69) is 68.0 Å². The Bertz CT molecular complexity index is 733. The van der Waals surface area contributed by atoms with Gasteiger partial charge in [-0.25, -0.2) is 0 Å². The molecule has 3 heteroatoms. The zero-order valence-corrected chi connectivity index (χ0v) is 16.6. The van der Waals surface area contributed by atoms with Crippen LogP contribution in [-0.4, -0.2) is 33.7 Å². The summed E-state index contributed by atoms with van der Waals surface area (Å²) in [5, 5.41) is 0. The molecule has 0 amide bonds. The van der Waals surface area contributed by atoms with Crippen molar-refractivity contribution in [2.75, 3.05) is 20.7 Å². The fourth-order valence-corrected chi connectivity index (χ4v) is 5.05. The fraction of sp³-hybridized carbons (Fsp3) is 0.429. The first kappa shape index (κ1) is 17.2. The van der Waals surface area contributed by atoms with E-state index in [0.29, 0.717) is 0 Å². The molecular weight excluding hydrogens is 310 g/mol. The average molecular weight is 340 g/mol. The molecule has 1 heterocycles. The van der Waals surface area contributed by atoms with Gasteiger partial charge in [0.1, 0.15) is 5.75 Å². The van der Waals surface area contributed by atoms with E-state index in [1.54, 1.807) is 7.11 Å². The van der Waals surface area contributed by atoms with Crippen molar-refractivity contribution in [3.63, 3.8) is 0 Å². The van der Waals surface area contributed by atoms with Gasteiger partial charge in [0.25, 0.3) is 0 Å². The van der Waals surface area contributed by atoms with Crippen LogP contribution in [0.3, 0.4) is 0 Å². The van der Waals surface area contributed by atoms with Crippen LogP contribution in [0, 0.1) is 0 Å². The Labute approximate surface area is 147 Å². The van der Waals surface area contributed by atoms with E-state index in [9.17, 15) is 0 Å². The molecule has 0 fully saturated rings. The lowest BCUT2D eigenvalue weighted by Crippen LogP contribution is -2.25. The molecule has 2 aromatic carbocycles. The fourth-order valence-electron chi connectivity index (χ4n) is 3.63. The topological polar surface area (TPSA) is 12.5 Å². The Morgan fingerprint density at radius 2 is 1.79 bits per heavy atom. The minimum Gasteiger partial charge on any atom is -0.496 e. The summed E-state index contributed by atoms with van der Waals surface area (Å²) in [7, 11) is 2.80. The second-order valence-corrected chi connectivity index (χ2v) is 13.7. The van der Waals surface area contributed by atoms with Crippen molar-refractivity contribution >= 4 is 8.07 Å². The molecule has 0 atom stereocenters. The van der Waals surface area contributed by atoms with E-state index in [-0.39, 0.29) is 0 Å². The minimum atomic E-state index is -1.21. The summed E-state index contributed by atoms with van der Waals surface area (Å²) in [6.07, 6.45) is 1.11. The summed E-state index contributed by atoms with van der Waals surface area (Å²) >= 11 is 0. The van der Waals surface area contributed by atoms with Gasteiger partial charge in [0, 0.05) is 21.2 Å². The summed E-state index contributed by atoms with van der Waals surface area (Å²) in [5.41, 5.74) is 7.00. The molecule has 0 aliphatic carbocycles. The number of benzene rings is 2. The van der Waals surface area contributed by atoms with E-state index in [4.69, 9.17) is 4.74 Å². The van der Waals surface area contributed by atoms with Crippen LogP contribution in [0.4, 0.5) is 0 Å². The van der Waals surface area contributed by atoms with Crippen molar-refractivity contribution in [3.8, 4) is 16.9 Å². The number of fused-ring (bicyclic) bond motifs is 3. The number of hydrogen-bond donors (Lipinski definition) is 0. The highest BCUT2D eigenvalue weighted by molar-refractivity contribution is 6.75. The minimum absolute atomic E-state index is 0.979. The molecule has 0 N–H and O–H groups in total. The van der Waals surface area contributed by atoms with Gasteiger partial charge in [0.15, 0.2) is 0 Å². The first-order valence-electron chi connectivity index (χ1n) is 8.84. The summed E-state index contributed by atoms with van der Waals surface area (Å²) in [5.74, 6) is 1.06. The predicted molar refractivity (Wildman–Crippen MR) is 106 cm³/mol. The SMILES string of the molecule is COc1cc2c(cc1C[Si](C)(C)C)-c1ccccc1CCN(C)C2. The molecule has 0 radical (unpaired) electrons. The number of likely N-dealkylation sites (N-methyl/N-ethyl adjacent to an activating group) is 1. The molecule has 0 spiro atoms. The number of nitrogens with zero attached hydrogens (tertiary/aromatic N) is 1. The van der Waals surface area contributed by atoms with Crippen molar-refractivity contribution < 1.29 is 4.74 Å². The summed E-state index contributed by atoms with van der Waals surface area (Å²) in [6, 6.07) is 14.7. The van der Waals surface area contributed by atoms with Gasteiger partial charge in [-0.1, -0.05) is 43.9 Å². The number of methoxy groups -OCH3 is 1. The van der Waals surface area contributed by atoms with Crippen molar-refractivity contribution in [2.24, 2.45) is 0 Å². The first-order chi connectivity index (χ1) is 11.4. The van der Waals surface area contributed by atoms with Gasteiger partial charge in [-0.15, -0.1) is 0 Å². The van der Waals surface area contributed by atoms with Crippen molar-refractivity contribution in [3.05, 3.63) is 53.1 Å². The number of hydrogen-bond acceptors (Lipinski definition) is 2. The summed E-state index contributed by atoms with van der Waals surface area (Å²) in [4.78, 5) is 2.41. The molecule has 1 aliphatic heterocycles. The Morgan fingerprint density at radius 3 is 2.50 bits per heavy atom. The smallest absolute Gasteiger partial charge is 0.122 e. The molecule has 0 saturated heterocycles. The average Bonchev–Trinajstić information content (AvgIpc) is 2.51. The van der Waals surface area contributed by atoms with Gasteiger partial charge in [-0.2, -0.15) is 0 Å². The third kappa shape index (κ3) is 3.73. The second kappa shape index (κ2) is 6.73. The molecule has 0 bridgehead atoms. The van der Waals surface area contributed by atoms with E-state index in [1.165, 1.54) is 27.8 Å². The third-order valence-corrected chi connectivity index (χ3v) is 6.18. The van der Waals surface area contributed by atoms with Gasteiger partial charge in [-0.3, -0.25) is 0 Å². The molecule has 0 unspecified atom stereocenters. The highest BCUT2D eigenvalue weighted by Crippen LogP contribution is 2.36. The predicted octanol–water partition coefficient (Wildman–Crippen LogP) is 4.77. The van der Waals surface area contributed by atoms with Gasteiger partial charge in [-0.05, 0) is 59.5 Å². The lowest BCUT2D eigenvalue weighted by atomic mass is 9.90. The standard InChI is InChI=1S/C21H29NOSi/c1-22-11-10-16-8-6-7-9-19(16)20-12-18(15-24(3,4)5)21(23-2)13-17(20)14-22/h6-9,12-13H,10-11,14-15H2,1-5H3. The van der Waals surface area contributed by atoms with Crippen molar-refractivity contribution in [2.45, 2.75) is 38.7 Å². The third-order valence-electron chi connectivity index (χ3n) is 4.74. The summed E-state index contributed by atoms with van der Waals surface area (Å²) in [6.45, 7) is 9.34. The van der Waals surface area contributed by atoms with Crippen LogP contribution in [0.25, 0.3) is 11.1 Å². The quantitative estimate of drug-likeness (QED) is 0.747. The van der Waals surface area contributed by atoms with Crippen LogP contribution in [0.1, 0.15) is 16.7 Å². The molecular formula is C21H29NOSi. The Hall–Kier alpha value is -1.58. The normalized spacial score (nSPS) is 15.2. The first-order valence-corrected chi connectivity index (χ1v) is 12.5. The van der Waals surface area contributed by atoms with Crippen molar-refractivity contribution in [1.82, 2.24) is 4.90 Å². The maximum absolute atomic E-state index is 5.76. The van der Waals surface area contributed by atoms with E-state index >= 15 is 0 Å². The van der Waals surface area contributed by atoms with Crippen LogP contribution in [0.2, 0.25) is 19.6 Å². The Morgan fingerprint density at radius 1 is 1.04 bits per heavy atom. The molecule has 0 saturated carbocycles. The van der Waals surface area contributed by atoms with Crippen LogP contribution < -0.4 is 4.74 Å². The van der Waals surface area contributed by atoms with Gasteiger partial charge >= 0.3 is 0 Å². The highest BCUT2D eigenvalue weighted by atomic mass is 28.3. The molecule has 1 aliphatic rings. The Balaban J connectivity index is 2.18. The van der Waals surface area contributed by atoms with E-state index < -0.39 is 8.07 Å². The molecule has 2 aromatic rings. The number of rotatable bonds is 3. The zero-order valence-electron chi connectivity index (χ0n) is 15.6. The lowest BCUT2D eigenvalue weighted by molar-refractivity contribution is 0.329. The second-order valence-electron chi connectivity index (χ2n) is 8.20. The van der Waals surface area contributed by atoms with Crippen LogP contribution in [0.15, 0.2) is 36.4 Å². The molecule has 2 nitrogen and oxygen atoms in total. The van der Waals surface area contributed by atoms with E-state index in [0.717, 1.165) is 31.3 Å². The van der Waals surface area contributed by atoms with Crippen LogP contribution >= 0.6 is 0 Å². The van der Waals surface area contributed by atoms with Gasteiger partial charge in [0.2, 0.25) is 0 Å². The van der Waals surface area contributed by atoms with Crippen molar-refractivity contribution in [1.29, 1.82) is 0 Å². The summed E-state index contributed by atoms with van der Waals surface area (Å²) < 4.78 is 5.76. The molecule has 3 rings (SSSR count). The molecule has 24 heavy (non-hydrogen) atoms. The largest absolute Gasteiger partial charge is 0.496 e. The molecule has 0 aromatic heterocycles. The Kier molecular flexibility index (Phi) is 4.84. The van der Waals surface area contributed by atoms with E-state index in [1.807, 2.05) is 0 Å². The lowest BCUT2D eigenvalue weighted by Gasteiger charge is -2.26. The maximum Gasteiger partial charge on any atom is 0.122 e. The zero-order chi connectivity index (χ0) is 17.3. The van der Waals surface area contributed by atoms with Crippen LogP contribution in [0.5, 0.6) is 5.75 Å². The van der Waals surface area contributed by atoms with Gasteiger partial charge in [0.05, 0.1) is 7.11 Å². The maximum atomic E-state index is 5.76. The monoisotopic (exact) mass is 339 g/mol. The van der Waals surface area contributed by atoms with Gasteiger partial charge < -0.3 is 9.64 Å². The number of ether oxygens (including phenoxy) is 1.